The lowest BCUT2D eigenvalue weighted by Crippen LogP contribution is -2.59. The number of amides is 4. The number of primary amides is 1. The Kier molecular flexibility index (Phi) is 11.8. The zero-order valence-electron chi connectivity index (χ0n) is 19.4. The van der Waals surface area contributed by atoms with E-state index in [2.05, 4.69) is 10.6 Å². The number of carboxylic acid groups (broad SMARTS) is 1. The van der Waals surface area contributed by atoms with Crippen LogP contribution in [0.15, 0.2) is 0 Å². The zero-order valence-corrected chi connectivity index (χ0v) is 19.4. The molecule has 0 aromatic carbocycles. The average Bonchev–Trinajstić information content (AvgIpc) is 3.25. The van der Waals surface area contributed by atoms with Gasteiger partial charge in [0.05, 0.1) is 12.5 Å². The van der Waals surface area contributed by atoms with E-state index in [1.807, 2.05) is 6.92 Å². The van der Waals surface area contributed by atoms with E-state index in [-0.39, 0.29) is 18.9 Å². The second-order valence-electron chi connectivity index (χ2n) is 8.52. The molecule has 4 amide bonds. The molecule has 188 valence electrons. The van der Waals surface area contributed by atoms with Crippen molar-refractivity contribution in [2.45, 2.75) is 83.0 Å². The molecule has 1 rings (SSSR count). The number of unbranched alkanes of at least 4 members (excludes halogenated alkanes) is 1. The first-order valence-corrected chi connectivity index (χ1v) is 11.4. The van der Waals surface area contributed by atoms with Gasteiger partial charge in [-0.1, -0.05) is 26.7 Å². The SMILES string of the molecule is CCC(C)C(NC(=O)C(N)CCCCN)C(=O)NC(CC(N)=O)C(=O)N1CCCC1C(=O)O. The molecule has 0 aromatic rings. The normalized spacial score (nSPS) is 19.3. The van der Waals surface area contributed by atoms with Crippen LogP contribution in [0.25, 0.3) is 0 Å². The van der Waals surface area contributed by atoms with Crippen LogP contribution in [0.3, 0.4) is 0 Å². The smallest absolute Gasteiger partial charge is 0.326 e. The van der Waals surface area contributed by atoms with Crippen LogP contribution in [0, 0.1) is 5.92 Å². The predicted molar refractivity (Wildman–Crippen MR) is 120 cm³/mol. The van der Waals surface area contributed by atoms with Crippen molar-refractivity contribution in [3.8, 4) is 0 Å². The Balaban J connectivity index is 2.97. The largest absolute Gasteiger partial charge is 0.480 e. The highest BCUT2D eigenvalue weighted by Crippen LogP contribution is 2.19. The van der Waals surface area contributed by atoms with E-state index in [4.69, 9.17) is 17.2 Å². The minimum absolute atomic E-state index is 0.199. The lowest BCUT2D eigenvalue weighted by atomic mass is 9.96. The number of nitrogens with one attached hydrogen (secondary N) is 2. The molecule has 0 aromatic heterocycles. The van der Waals surface area contributed by atoms with Gasteiger partial charge in [0.15, 0.2) is 0 Å². The zero-order chi connectivity index (χ0) is 25.1. The van der Waals surface area contributed by atoms with Gasteiger partial charge in [0, 0.05) is 6.54 Å². The highest BCUT2D eigenvalue weighted by atomic mass is 16.4. The summed E-state index contributed by atoms with van der Waals surface area (Å²) in [5.74, 6) is -4.15. The number of nitrogens with zero attached hydrogens (tertiary/aromatic N) is 1. The monoisotopic (exact) mass is 470 g/mol. The van der Waals surface area contributed by atoms with Crippen LogP contribution in [0.2, 0.25) is 0 Å². The van der Waals surface area contributed by atoms with Crippen LogP contribution < -0.4 is 27.8 Å². The fraction of sp³-hybridized carbons (Fsp3) is 0.762. The summed E-state index contributed by atoms with van der Waals surface area (Å²) in [6.07, 6.45) is 2.63. The number of nitrogens with two attached hydrogens (primary N) is 3. The summed E-state index contributed by atoms with van der Waals surface area (Å²) in [6.45, 7) is 4.29. The first-order valence-electron chi connectivity index (χ1n) is 11.4. The van der Waals surface area contributed by atoms with Gasteiger partial charge in [0.1, 0.15) is 18.1 Å². The Hall–Kier alpha value is -2.73. The molecule has 0 spiro atoms. The molecule has 33 heavy (non-hydrogen) atoms. The summed E-state index contributed by atoms with van der Waals surface area (Å²) < 4.78 is 0. The highest BCUT2D eigenvalue weighted by Gasteiger charge is 2.39. The van der Waals surface area contributed by atoms with Gasteiger partial charge in [-0.2, -0.15) is 0 Å². The third-order valence-corrected chi connectivity index (χ3v) is 5.94. The molecule has 1 heterocycles. The van der Waals surface area contributed by atoms with Gasteiger partial charge in [0.25, 0.3) is 0 Å². The molecule has 1 aliphatic rings. The molecule has 5 atom stereocenters. The molecule has 0 aliphatic carbocycles. The Morgan fingerprint density at radius 3 is 2.33 bits per heavy atom. The second kappa shape index (κ2) is 13.7. The Labute approximate surface area is 194 Å². The van der Waals surface area contributed by atoms with Gasteiger partial charge in [-0.05, 0) is 38.1 Å². The lowest BCUT2D eigenvalue weighted by Gasteiger charge is -2.30. The minimum Gasteiger partial charge on any atom is -0.480 e. The number of aliphatic carboxylic acids is 1. The molecule has 12 nitrogen and oxygen atoms in total. The van der Waals surface area contributed by atoms with E-state index in [0.29, 0.717) is 32.2 Å². The molecule has 9 N–H and O–H groups in total. The van der Waals surface area contributed by atoms with Crippen LogP contribution in [0.1, 0.15) is 58.8 Å². The minimum atomic E-state index is -1.34. The average molecular weight is 471 g/mol. The third kappa shape index (κ3) is 8.61. The summed E-state index contributed by atoms with van der Waals surface area (Å²) in [4.78, 5) is 62.8. The quantitative estimate of drug-likeness (QED) is 0.162. The number of likely N-dealkylation sites (tertiary alicyclic amines) is 1. The van der Waals surface area contributed by atoms with Gasteiger partial charge in [0.2, 0.25) is 23.6 Å². The van der Waals surface area contributed by atoms with Crippen molar-refractivity contribution in [3.05, 3.63) is 0 Å². The van der Waals surface area contributed by atoms with Crippen LogP contribution in [0.5, 0.6) is 0 Å². The summed E-state index contributed by atoms with van der Waals surface area (Å²) in [6, 6.07) is -4.18. The van der Waals surface area contributed by atoms with Gasteiger partial charge < -0.3 is 37.8 Å². The molecule has 0 bridgehead atoms. The van der Waals surface area contributed by atoms with E-state index in [1.165, 1.54) is 0 Å². The Bertz CT molecular complexity index is 717. The second-order valence-corrected chi connectivity index (χ2v) is 8.52. The fourth-order valence-electron chi connectivity index (χ4n) is 3.75. The van der Waals surface area contributed by atoms with Crippen molar-refractivity contribution in [2.24, 2.45) is 23.1 Å². The van der Waals surface area contributed by atoms with Crippen molar-refractivity contribution < 1.29 is 29.1 Å². The lowest BCUT2D eigenvalue weighted by molar-refractivity contribution is -0.149. The molecule has 0 radical (unpaired) electrons. The maximum absolute atomic E-state index is 13.1. The van der Waals surface area contributed by atoms with Gasteiger partial charge >= 0.3 is 5.97 Å². The maximum Gasteiger partial charge on any atom is 0.326 e. The third-order valence-electron chi connectivity index (χ3n) is 5.94. The van der Waals surface area contributed by atoms with Crippen molar-refractivity contribution in [1.29, 1.82) is 0 Å². The molecule has 0 saturated carbocycles. The molecule has 1 fully saturated rings. The predicted octanol–water partition coefficient (Wildman–Crippen LogP) is -1.59. The van der Waals surface area contributed by atoms with Crippen molar-refractivity contribution in [2.75, 3.05) is 13.1 Å². The number of carboxylic acids is 1. The summed E-state index contributed by atoms with van der Waals surface area (Å²) in [5.41, 5.74) is 16.6. The van der Waals surface area contributed by atoms with E-state index < -0.39 is 60.2 Å². The van der Waals surface area contributed by atoms with Crippen LogP contribution in [0.4, 0.5) is 0 Å². The van der Waals surface area contributed by atoms with E-state index in [1.54, 1.807) is 6.92 Å². The van der Waals surface area contributed by atoms with E-state index in [0.717, 1.165) is 11.3 Å². The van der Waals surface area contributed by atoms with Crippen molar-refractivity contribution in [3.63, 3.8) is 0 Å². The Morgan fingerprint density at radius 1 is 1.12 bits per heavy atom. The fourth-order valence-corrected chi connectivity index (χ4v) is 3.75. The topological polar surface area (TPSA) is 211 Å². The molecular formula is C21H38N6O6. The summed E-state index contributed by atoms with van der Waals surface area (Å²) in [7, 11) is 0. The van der Waals surface area contributed by atoms with E-state index >= 15 is 0 Å². The van der Waals surface area contributed by atoms with Gasteiger partial charge in [-0.25, -0.2) is 4.79 Å². The molecule has 5 unspecified atom stereocenters. The number of hydrogen-bond acceptors (Lipinski definition) is 7. The molecule has 12 heteroatoms. The van der Waals surface area contributed by atoms with Crippen molar-refractivity contribution in [1.82, 2.24) is 15.5 Å². The standard InChI is InChI=1S/C21H38N6O6/c1-3-12(2)17(26-18(29)13(23)7-4-5-9-22)19(30)25-14(11-16(24)28)20(31)27-10-6-8-15(27)21(32)33/h12-15,17H,3-11,22-23H2,1-2H3,(H2,24,28)(H,25,30)(H,26,29)(H,32,33). The van der Waals surface area contributed by atoms with Crippen LogP contribution in [-0.4, -0.2) is 76.9 Å². The number of carbonyl (C=O) groups excluding carboxylic acids is 4. The first-order chi connectivity index (χ1) is 15.5. The first kappa shape index (κ1) is 28.3. The van der Waals surface area contributed by atoms with Crippen LogP contribution in [-0.2, 0) is 24.0 Å². The van der Waals surface area contributed by atoms with Crippen LogP contribution >= 0.6 is 0 Å². The van der Waals surface area contributed by atoms with Gasteiger partial charge in [-0.15, -0.1) is 0 Å². The van der Waals surface area contributed by atoms with Gasteiger partial charge in [-0.3, -0.25) is 19.2 Å². The molecule has 1 aliphatic heterocycles. The van der Waals surface area contributed by atoms with E-state index in [9.17, 15) is 29.1 Å². The summed E-state index contributed by atoms with van der Waals surface area (Å²) >= 11 is 0. The molecule has 1 saturated heterocycles. The highest BCUT2D eigenvalue weighted by molar-refractivity contribution is 5.96. The maximum atomic E-state index is 13.1. The number of carbonyl (C=O) groups is 5. The van der Waals surface area contributed by atoms with Crippen molar-refractivity contribution >= 4 is 29.6 Å². The molecular weight excluding hydrogens is 432 g/mol. The number of rotatable bonds is 14. The summed E-state index contributed by atoms with van der Waals surface area (Å²) in [5, 5.41) is 14.5. The number of hydrogen-bond donors (Lipinski definition) is 6. The Morgan fingerprint density at radius 2 is 1.79 bits per heavy atom.